The highest BCUT2D eigenvalue weighted by atomic mass is 16.5. The molecule has 128 valence electrons. The zero-order chi connectivity index (χ0) is 17.5. The summed E-state index contributed by atoms with van der Waals surface area (Å²) in [6.07, 6.45) is 2.61. The van der Waals surface area contributed by atoms with Gasteiger partial charge in [0.15, 0.2) is 0 Å². The molecule has 0 aliphatic carbocycles. The van der Waals surface area contributed by atoms with Crippen molar-refractivity contribution in [3.8, 4) is 5.75 Å². The van der Waals surface area contributed by atoms with E-state index in [0.29, 0.717) is 18.2 Å². The molecule has 0 aliphatic rings. The first-order valence-electron chi connectivity index (χ1n) is 8.15. The van der Waals surface area contributed by atoms with Crippen LogP contribution in [0.25, 0.3) is 0 Å². The summed E-state index contributed by atoms with van der Waals surface area (Å²) in [7, 11) is 1.64. The van der Waals surface area contributed by atoms with Crippen LogP contribution in [0.3, 0.4) is 0 Å². The smallest absolute Gasteiger partial charge is 0.269 e. The zero-order valence-corrected chi connectivity index (χ0v) is 14.7. The van der Waals surface area contributed by atoms with E-state index in [1.54, 1.807) is 19.4 Å². The number of hydrogen-bond donors (Lipinski definition) is 2. The average Bonchev–Trinajstić information content (AvgIpc) is 2.55. The van der Waals surface area contributed by atoms with E-state index < -0.39 is 0 Å². The van der Waals surface area contributed by atoms with Gasteiger partial charge in [-0.2, -0.15) is 0 Å². The summed E-state index contributed by atoms with van der Waals surface area (Å²) in [6, 6.07) is 9.47. The Labute approximate surface area is 143 Å². The van der Waals surface area contributed by atoms with Crippen molar-refractivity contribution in [3.05, 3.63) is 47.8 Å². The monoisotopic (exact) mass is 327 g/mol. The second-order valence-electron chi connectivity index (χ2n) is 6.20. The number of benzene rings is 1. The molecule has 0 aliphatic heterocycles. The average molecular weight is 327 g/mol. The van der Waals surface area contributed by atoms with Crippen molar-refractivity contribution in [1.82, 2.24) is 10.3 Å². The number of pyridine rings is 1. The van der Waals surface area contributed by atoms with Crippen LogP contribution in [0.4, 0.5) is 11.4 Å². The van der Waals surface area contributed by atoms with E-state index in [1.165, 1.54) is 0 Å². The minimum Gasteiger partial charge on any atom is -0.495 e. The maximum Gasteiger partial charge on any atom is 0.269 e. The second-order valence-corrected chi connectivity index (χ2v) is 6.20. The molecule has 24 heavy (non-hydrogen) atoms. The Morgan fingerprint density at radius 3 is 2.67 bits per heavy atom. The molecule has 1 heterocycles. The number of carbonyl (C=O) groups excluding carboxylic acids is 1. The summed E-state index contributed by atoms with van der Waals surface area (Å²) in [4.78, 5) is 16.3. The van der Waals surface area contributed by atoms with Gasteiger partial charge in [-0.3, -0.25) is 4.79 Å². The number of ether oxygens (including phenoxy) is 1. The van der Waals surface area contributed by atoms with Gasteiger partial charge in [-0.15, -0.1) is 0 Å². The topological polar surface area (TPSA) is 63.2 Å². The highest BCUT2D eigenvalue weighted by molar-refractivity contribution is 5.92. The summed E-state index contributed by atoms with van der Waals surface area (Å²) in [6.45, 7) is 6.95. The maximum absolute atomic E-state index is 12.0. The molecule has 0 bridgehead atoms. The minimum absolute atomic E-state index is 0.143. The molecule has 1 amide bonds. The van der Waals surface area contributed by atoms with E-state index >= 15 is 0 Å². The lowest BCUT2D eigenvalue weighted by atomic mass is 10.1. The molecule has 0 unspecified atom stereocenters. The first-order chi connectivity index (χ1) is 11.5. The number of amides is 1. The normalized spacial score (nSPS) is 10.5. The van der Waals surface area contributed by atoms with Crippen molar-refractivity contribution in [1.29, 1.82) is 0 Å². The molecule has 2 aromatic rings. The lowest BCUT2D eigenvalue weighted by Crippen LogP contribution is -2.26. The number of aromatic nitrogens is 1. The molecule has 0 saturated heterocycles. The molecule has 5 heteroatoms. The van der Waals surface area contributed by atoms with Crippen LogP contribution >= 0.6 is 0 Å². The van der Waals surface area contributed by atoms with Gasteiger partial charge in [-0.25, -0.2) is 4.98 Å². The summed E-state index contributed by atoms with van der Waals surface area (Å²) in [5, 5.41) is 6.15. The fourth-order valence-corrected chi connectivity index (χ4v) is 2.24. The van der Waals surface area contributed by atoms with Crippen molar-refractivity contribution in [3.63, 3.8) is 0 Å². The Morgan fingerprint density at radius 2 is 2.04 bits per heavy atom. The highest BCUT2D eigenvalue weighted by Gasteiger charge is 2.08. The van der Waals surface area contributed by atoms with Gasteiger partial charge in [0.05, 0.1) is 24.7 Å². The summed E-state index contributed by atoms with van der Waals surface area (Å²) < 4.78 is 5.35. The lowest BCUT2D eigenvalue weighted by molar-refractivity contribution is 0.0947. The summed E-state index contributed by atoms with van der Waals surface area (Å²) in [5.41, 5.74) is 3.22. The van der Waals surface area contributed by atoms with E-state index in [4.69, 9.17) is 4.74 Å². The molecular formula is C19H25N3O2. The van der Waals surface area contributed by atoms with Crippen LogP contribution in [0.1, 0.15) is 36.3 Å². The van der Waals surface area contributed by atoms with Gasteiger partial charge in [0, 0.05) is 6.54 Å². The third kappa shape index (κ3) is 4.98. The zero-order valence-electron chi connectivity index (χ0n) is 14.7. The Bertz CT molecular complexity index is 682. The van der Waals surface area contributed by atoms with Crippen molar-refractivity contribution < 1.29 is 9.53 Å². The van der Waals surface area contributed by atoms with E-state index in [0.717, 1.165) is 29.1 Å². The predicted octanol–water partition coefficient (Wildman–Crippen LogP) is 3.92. The lowest BCUT2D eigenvalue weighted by Gasteiger charge is -2.12. The molecule has 0 radical (unpaired) electrons. The number of rotatable bonds is 7. The van der Waals surface area contributed by atoms with Gasteiger partial charge in [0.25, 0.3) is 5.91 Å². The molecule has 0 saturated carbocycles. The van der Waals surface area contributed by atoms with E-state index in [9.17, 15) is 4.79 Å². The van der Waals surface area contributed by atoms with Crippen molar-refractivity contribution in [2.24, 2.45) is 5.92 Å². The van der Waals surface area contributed by atoms with E-state index in [1.807, 2.05) is 31.2 Å². The largest absolute Gasteiger partial charge is 0.495 e. The number of carbonyl (C=O) groups is 1. The van der Waals surface area contributed by atoms with Crippen LogP contribution in [-0.2, 0) is 0 Å². The van der Waals surface area contributed by atoms with Crippen molar-refractivity contribution >= 4 is 17.3 Å². The van der Waals surface area contributed by atoms with Crippen molar-refractivity contribution in [2.45, 2.75) is 27.2 Å². The number of nitrogens with one attached hydrogen (secondary N) is 2. The third-order valence-corrected chi connectivity index (χ3v) is 3.64. The van der Waals surface area contributed by atoms with Gasteiger partial charge >= 0.3 is 0 Å². The van der Waals surface area contributed by atoms with Gasteiger partial charge in [0.1, 0.15) is 11.4 Å². The molecular weight excluding hydrogens is 302 g/mol. The van der Waals surface area contributed by atoms with Crippen LogP contribution in [0.2, 0.25) is 0 Å². The molecule has 1 aromatic carbocycles. The van der Waals surface area contributed by atoms with Crippen LogP contribution < -0.4 is 15.4 Å². The van der Waals surface area contributed by atoms with Gasteiger partial charge < -0.3 is 15.4 Å². The molecule has 2 rings (SSSR count). The van der Waals surface area contributed by atoms with Crippen LogP contribution in [0.15, 0.2) is 36.5 Å². The fraction of sp³-hybridized carbons (Fsp3) is 0.368. The Hall–Kier alpha value is -2.56. The van der Waals surface area contributed by atoms with Crippen LogP contribution in [-0.4, -0.2) is 24.5 Å². The van der Waals surface area contributed by atoms with E-state index in [2.05, 4.69) is 29.5 Å². The number of aryl methyl sites for hydroxylation is 1. The summed E-state index contributed by atoms with van der Waals surface area (Å²) >= 11 is 0. The number of methoxy groups -OCH3 is 1. The van der Waals surface area contributed by atoms with Gasteiger partial charge in [0.2, 0.25) is 0 Å². The number of hydrogen-bond acceptors (Lipinski definition) is 4. The van der Waals surface area contributed by atoms with Crippen LogP contribution in [0, 0.1) is 12.8 Å². The maximum atomic E-state index is 12.0. The highest BCUT2D eigenvalue weighted by Crippen LogP contribution is 2.28. The standard InChI is InChI=1S/C19H25N3O2/c1-13(2)9-10-20-19(23)16-7-6-15(12-21-16)22-17-11-14(3)5-8-18(17)24-4/h5-8,11-13,22H,9-10H2,1-4H3,(H,20,23). The molecule has 1 aromatic heterocycles. The molecule has 0 atom stereocenters. The van der Waals surface area contributed by atoms with E-state index in [-0.39, 0.29) is 5.91 Å². The molecule has 0 fully saturated rings. The number of nitrogens with zero attached hydrogens (tertiary/aromatic N) is 1. The molecule has 2 N–H and O–H groups in total. The molecule has 0 spiro atoms. The minimum atomic E-state index is -0.143. The third-order valence-electron chi connectivity index (χ3n) is 3.64. The van der Waals surface area contributed by atoms with Crippen LogP contribution in [0.5, 0.6) is 5.75 Å². The van der Waals surface area contributed by atoms with Gasteiger partial charge in [-0.1, -0.05) is 19.9 Å². The summed E-state index contributed by atoms with van der Waals surface area (Å²) in [5.74, 6) is 1.18. The second kappa shape index (κ2) is 8.34. The number of anilines is 2. The van der Waals surface area contributed by atoms with Crippen molar-refractivity contribution in [2.75, 3.05) is 19.0 Å². The first-order valence-corrected chi connectivity index (χ1v) is 8.15. The van der Waals surface area contributed by atoms with Gasteiger partial charge in [-0.05, 0) is 49.1 Å². The Morgan fingerprint density at radius 1 is 1.25 bits per heavy atom. The predicted molar refractivity (Wildman–Crippen MR) is 97.0 cm³/mol. The quantitative estimate of drug-likeness (QED) is 0.809. The fourth-order valence-electron chi connectivity index (χ4n) is 2.24. The first kappa shape index (κ1) is 17.8. The Balaban J connectivity index is 2.02. The molecule has 5 nitrogen and oxygen atoms in total. The SMILES string of the molecule is COc1ccc(C)cc1Nc1ccc(C(=O)NCCC(C)C)nc1. The Kier molecular flexibility index (Phi) is 6.18.